The normalized spacial score (nSPS) is 21.1. The molecule has 1 unspecified atom stereocenters. The molecule has 102 valence electrons. The average Bonchev–Trinajstić information content (AvgIpc) is 2.37. The number of hydrogen-bond acceptors (Lipinski definition) is 4. The number of aliphatic hydroxyl groups is 1. The molecule has 1 heterocycles. The van der Waals surface area contributed by atoms with Crippen LogP contribution in [-0.4, -0.2) is 35.7 Å². The van der Waals surface area contributed by atoms with Gasteiger partial charge in [-0.05, 0) is 25.1 Å². The number of anilines is 1. The summed E-state index contributed by atoms with van der Waals surface area (Å²) in [7, 11) is 0. The number of nitrogens with one attached hydrogen (secondary N) is 2. The van der Waals surface area contributed by atoms with Gasteiger partial charge in [-0.2, -0.15) is 0 Å². The molecule has 0 fully saturated rings. The minimum absolute atomic E-state index is 0.0541. The van der Waals surface area contributed by atoms with Gasteiger partial charge in [0.15, 0.2) is 0 Å². The summed E-state index contributed by atoms with van der Waals surface area (Å²) in [5.41, 5.74) is -1.25. The first kappa shape index (κ1) is 13.6. The summed E-state index contributed by atoms with van der Waals surface area (Å²) in [6, 6.07) is 4.72. The van der Waals surface area contributed by atoms with Gasteiger partial charge in [0.1, 0.15) is 5.75 Å². The summed E-state index contributed by atoms with van der Waals surface area (Å²) in [6.45, 7) is 1.21. The maximum Gasteiger partial charge on any atom is 0.278 e. The molecule has 3 N–H and O–H groups in total. The minimum atomic E-state index is -1.67. The van der Waals surface area contributed by atoms with Gasteiger partial charge in [0.25, 0.3) is 17.4 Å². The van der Waals surface area contributed by atoms with E-state index in [1.807, 2.05) is 0 Å². The molecule has 1 aliphatic heterocycles. The van der Waals surface area contributed by atoms with Gasteiger partial charge in [-0.3, -0.25) is 9.59 Å². The lowest BCUT2D eigenvalue weighted by Gasteiger charge is -2.33. The Morgan fingerprint density at radius 2 is 2.32 bits per heavy atom. The average molecular weight is 285 g/mol. The van der Waals surface area contributed by atoms with E-state index in [2.05, 4.69) is 10.6 Å². The molecule has 0 saturated heterocycles. The number of fused-ring (bicyclic) bond motifs is 1. The van der Waals surface area contributed by atoms with Crippen LogP contribution in [-0.2, 0) is 9.59 Å². The third-order valence-corrected chi connectivity index (χ3v) is 3.00. The maximum atomic E-state index is 12.0. The van der Waals surface area contributed by atoms with E-state index in [0.717, 1.165) is 0 Å². The van der Waals surface area contributed by atoms with Crippen molar-refractivity contribution in [3.05, 3.63) is 23.2 Å². The van der Waals surface area contributed by atoms with Crippen LogP contribution in [0.2, 0.25) is 5.02 Å². The van der Waals surface area contributed by atoms with Crippen LogP contribution in [0.15, 0.2) is 18.2 Å². The first-order chi connectivity index (χ1) is 8.97. The van der Waals surface area contributed by atoms with Crippen LogP contribution < -0.4 is 15.4 Å². The zero-order valence-electron chi connectivity index (χ0n) is 10.2. The van der Waals surface area contributed by atoms with Crippen molar-refractivity contribution in [1.82, 2.24) is 5.32 Å². The second-order valence-electron chi connectivity index (χ2n) is 4.21. The largest absolute Gasteiger partial charge is 0.466 e. The minimum Gasteiger partial charge on any atom is -0.466 e. The van der Waals surface area contributed by atoms with Crippen molar-refractivity contribution in [3.63, 3.8) is 0 Å². The van der Waals surface area contributed by atoms with E-state index >= 15 is 0 Å². The van der Waals surface area contributed by atoms with Crippen molar-refractivity contribution in [1.29, 1.82) is 0 Å². The molecule has 0 aliphatic carbocycles. The number of carbonyl (C=O) groups is 2. The smallest absolute Gasteiger partial charge is 0.278 e. The Balaban J connectivity index is 2.27. The molecule has 0 bridgehead atoms. The van der Waals surface area contributed by atoms with Gasteiger partial charge in [0, 0.05) is 11.6 Å². The molecule has 0 saturated carbocycles. The summed E-state index contributed by atoms with van der Waals surface area (Å²) in [5, 5.41) is 14.1. The van der Waals surface area contributed by atoms with Gasteiger partial charge >= 0.3 is 0 Å². The van der Waals surface area contributed by atoms with Crippen molar-refractivity contribution in [3.8, 4) is 5.75 Å². The van der Waals surface area contributed by atoms with E-state index in [-0.39, 0.29) is 13.2 Å². The monoisotopic (exact) mass is 284 g/mol. The molecule has 7 heteroatoms. The molecule has 0 radical (unpaired) electrons. The number of benzene rings is 1. The zero-order valence-corrected chi connectivity index (χ0v) is 11.0. The van der Waals surface area contributed by atoms with Gasteiger partial charge in [0.2, 0.25) is 0 Å². The summed E-state index contributed by atoms with van der Waals surface area (Å²) >= 11 is 5.81. The van der Waals surface area contributed by atoms with Gasteiger partial charge in [0.05, 0.1) is 12.3 Å². The highest BCUT2D eigenvalue weighted by Crippen LogP contribution is 2.35. The third kappa shape index (κ3) is 2.50. The summed E-state index contributed by atoms with van der Waals surface area (Å²) in [6.07, 6.45) is 0. The van der Waals surface area contributed by atoms with Crippen LogP contribution in [0, 0.1) is 0 Å². The lowest BCUT2D eigenvalue weighted by molar-refractivity contribution is -0.146. The molecule has 2 rings (SSSR count). The Hall–Kier alpha value is -1.79. The topological polar surface area (TPSA) is 87.7 Å². The van der Waals surface area contributed by atoms with Gasteiger partial charge < -0.3 is 20.5 Å². The van der Waals surface area contributed by atoms with Gasteiger partial charge in [-0.1, -0.05) is 11.6 Å². The number of aliphatic hydroxyl groups excluding tert-OH is 1. The highest BCUT2D eigenvalue weighted by molar-refractivity contribution is 6.31. The van der Waals surface area contributed by atoms with Gasteiger partial charge in [-0.15, -0.1) is 0 Å². The van der Waals surface area contributed by atoms with E-state index in [0.29, 0.717) is 16.5 Å². The van der Waals surface area contributed by atoms with Gasteiger partial charge in [-0.25, -0.2) is 0 Å². The fourth-order valence-electron chi connectivity index (χ4n) is 1.68. The number of rotatable bonds is 3. The Bertz CT molecular complexity index is 534. The first-order valence-electron chi connectivity index (χ1n) is 5.66. The van der Waals surface area contributed by atoms with E-state index in [1.165, 1.54) is 6.92 Å². The second-order valence-corrected chi connectivity index (χ2v) is 4.65. The fourth-order valence-corrected chi connectivity index (χ4v) is 1.86. The molecule has 19 heavy (non-hydrogen) atoms. The summed E-state index contributed by atoms with van der Waals surface area (Å²) in [5.74, 6) is -0.831. The van der Waals surface area contributed by atoms with Crippen LogP contribution >= 0.6 is 11.6 Å². The highest BCUT2D eigenvalue weighted by Gasteiger charge is 2.47. The number of hydrogen-bond donors (Lipinski definition) is 3. The second kappa shape index (κ2) is 5.07. The molecule has 6 nitrogen and oxygen atoms in total. The van der Waals surface area contributed by atoms with E-state index in [9.17, 15) is 9.59 Å². The highest BCUT2D eigenvalue weighted by atomic mass is 35.5. The Morgan fingerprint density at radius 3 is 3.00 bits per heavy atom. The third-order valence-electron chi connectivity index (χ3n) is 2.77. The van der Waals surface area contributed by atoms with Crippen LogP contribution in [0.3, 0.4) is 0 Å². The molecule has 0 spiro atoms. The fraction of sp³-hybridized carbons (Fsp3) is 0.333. The Morgan fingerprint density at radius 1 is 1.58 bits per heavy atom. The van der Waals surface area contributed by atoms with Crippen molar-refractivity contribution >= 4 is 29.1 Å². The van der Waals surface area contributed by atoms with E-state index < -0.39 is 17.4 Å². The number of halogens is 1. The van der Waals surface area contributed by atoms with Crippen LogP contribution in [0.25, 0.3) is 0 Å². The predicted molar refractivity (Wildman–Crippen MR) is 69.2 cm³/mol. The zero-order chi connectivity index (χ0) is 14.0. The predicted octanol–water partition coefficient (Wildman–Crippen LogP) is 0.538. The number of carbonyl (C=O) groups excluding carboxylic acids is 2. The molecule has 1 aliphatic rings. The lowest BCUT2D eigenvalue weighted by Crippen LogP contribution is -2.59. The van der Waals surface area contributed by atoms with E-state index in [1.54, 1.807) is 18.2 Å². The molecule has 0 aromatic heterocycles. The maximum absolute atomic E-state index is 12.0. The van der Waals surface area contributed by atoms with E-state index in [4.69, 9.17) is 21.4 Å². The Labute approximate surface area is 114 Å². The summed E-state index contributed by atoms with van der Waals surface area (Å²) < 4.78 is 5.48. The number of amides is 2. The van der Waals surface area contributed by atoms with Crippen molar-refractivity contribution in [2.24, 2.45) is 0 Å². The van der Waals surface area contributed by atoms with Crippen molar-refractivity contribution in [2.45, 2.75) is 12.5 Å². The molecular formula is C12H13ClN2O4. The van der Waals surface area contributed by atoms with Crippen molar-refractivity contribution in [2.75, 3.05) is 18.5 Å². The first-order valence-corrected chi connectivity index (χ1v) is 6.04. The molecule has 1 aromatic carbocycles. The van der Waals surface area contributed by atoms with Crippen molar-refractivity contribution < 1.29 is 19.4 Å². The lowest BCUT2D eigenvalue weighted by atomic mass is 10.0. The molecule has 1 atom stereocenters. The van der Waals surface area contributed by atoms with Crippen LogP contribution in [0.5, 0.6) is 5.75 Å². The summed E-state index contributed by atoms with van der Waals surface area (Å²) in [4.78, 5) is 23.9. The SMILES string of the molecule is CC1(C(=O)NCCO)Oc2ccc(Cl)cc2NC1=O. The van der Waals surface area contributed by atoms with Crippen LogP contribution in [0.1, 0.15) is 6.92 Å². The standard InChI is InChI=1S/C12H13ClN2O4/c1-12(10(17)14-4-5-16)11(18)15-8-6-7(13)2-3-9(8)19-12/h2-3,6,16H,4-5H2,1H3,(H,14,17)(H,15,18). The number of ether oxygens (including phenoxy) is 1. The Kier molecular flexibility index (Phi) is 3.64. The molecule has 2 amide bonds. The quantitative estimate of drug-likeness (QED) is 0.707. The van der Waals surface area contributed by atoms with Crippen LogP contribution in [0.4, 0.5) is 5.69 Å². The molecule has 1 aromatic rings. The molecular weight excluding hydrogens is 272 g/mol.